The van der Waals surface area contributed by atoms with E-state index in [0.717, 1.165) is 0 Å². The second-order valence-electron chi connectivity index (χ2n) is 5.11. The summed E-state index contributed by atoms with van der Waals surface area (Å²) >= 11 is 0. The monoisotopic (exact) mass is 271 g/mol. The van der Waals surface area contributed by atoms with E-state index in [1.165, 1.54) is 11.8 Å². The van der Waals surface area contributed by atoms with Gasteiger partial charge < -0.3 is 15.2 Å². The third-order valence-corrected chi connectivity index (χ3v) is 3.92. The molecule has 2 atom stereocenters. The van der Waals surface area contributed by atoms with E-state index in [2.05, 4.69) is 17.3 Å². The number of carbonyl (C=O) groups excluding carboxylic acids is 1. The van der Waals surface area contributed by atoms with Crippen LogP contribution in [0.2, 0.25) is 0 Å². The average Bonchev–Trinajstić information content (AvgIpc) is 3.17. The Labute approximate surface area is 117 Å². The highest BCUT2D eigenvalue weighted by molar-refractivity contribution is 5.92. The molecule has 1 aliphatic rings. The molecule has 1 aromatic carbocycles. The molecule has 5 heteroatoms. The molecule has 0 aliphatic carbocycles. The second kappa shape index (κ2) is 5.46. The minimum atomic E-state index is -0.0874. The number of hydrogen-bond donors (Lipinski definition) is 1. The summed E-state index contributed by atoms with van der Waals surface area (Å²) in [6.45, 7) is 1.92. The molecule has 2 N–H and O–H groups in total. The molecule has 0 unspecified atom stereocenters. The molecular weight excluding hydrogens is 254 g/mol. The van der Waals surface area contributed by atoms with Crippen LogP contribution >= 0.6 is 0 Å². The van der Waals surface area contributed by atoms with Gasteiger partial charge in [-0.2, -0.15) is 0 Å². The number of nitrogens with two attached hydrogens (primary N) is 1. The van der Waals surface area contributed by atoms with Crippen molar-refractivity contribution in [3.63, 3.8) is 0 Å². The molecule has 2 heterocycles. The van der Waals surface area contributed by atoms with Crippen LogP contribution in [0.3, 0.4) is 0 Å². The molecule has 0 spiro atoms. The van der Waals surface area contributed by atoms with Crippen LogP contribution in [-0.4, -0.2) is 35.6 Å². The number of carbonyl (C=O) groups is 1. The molecule has 104 valence electrons. The van der Waals surface area contributed by atoms with E-state index in [4.69, 9.17) is 10.3 Å². The van der Waals surface area contributed by atoms with Gasteiger partial charge in [-0.3, -0.25) is 4.79 Å². The van der Waals surface area contributed by atoms with Crippen LogP contribution in [0.25, 0.3) is 0 Å². The molecule has 0 saturated carbocycles. The molecule has 0 bridgehead atoms. The van der Waals surface area contributed by atoms with Crippen molar-refractivity contribution in [2.24, 2.45) is 11.7 Å². The zero-order valence-electron chi connectivity index (χ0n) is 11.1. The second-order valence-corrected chi connectivity index (χ2v) is 5.11. The van der Waals surface area contributed by atoms with Gasteiger partial charge in [0, 0.05) is 25.1 Å². The first-order valence-corrected chi connectivity index (χ1v) is 6.74. The van der Waals surface area contributed by atoms with Gasteiger partial charge in [0.2, 0.25) is 0 Å². The zero-order valence-corrected chi connectivity index (χ0v) is 11.1. The van der Waals surface area contributed by atoms with Crippen LogP contribution in [0.1, 0.15) is 22.0 Å². The van der Waals surface area contributed by atoms with Gasteiger partial charge >= 0.3 is 0 Å². The zero-order chi connectivity index (χ0) is 13.9. The minimum absolute atomic E-state index is 0.0874. The van der Waals surface area contributed by atoms with Crippen molar-refractivity contribution in [2.45, 2.75) is 5.92 Å². The first kappa shape index (κ1) is 12.9. The van der Waals surface area contributed by atoms with Crippen molar-refractivity contribution in [1.29, 1.82) is 0 Å². The summed E-state index contributed by atoms with van der Waals surface area (Å²) in [5.74, 6) is 0.487. The molecule has 1 saturated heterocycles. The Bertz CT molecular complexity index is 568. The van der Waals surface area contributed by atoms with Gasteiger partial charge in [0.25, 0.3) is 5.91 Å². The summed E-state index contributed by atoms with van der Waals surface area (Å²) in [7, 11) is 0. The number of nitrogens with zero attached hydrogens (tertiary/aromatic N) is 2. The normalized spacial score (nSPS) is 22.1. The molecule has 20 heavy (non-hydrogen) atoms. The van der Waals surface area contributed by atoms with Crippen molar-refractivity contribution in [1.82, 2.24) is 10.1 Å². The first-order chi connectivity index (χ1) is 9.79. The van der Waals surface area contributed by atoms with Crippen molar-refractivity contribution in [3.05, 3.63) is 53.9 Å². The Morgan fingerprint density at radius 3 is 2.75 bits per heavy atom. The standard InChI is InChI=1S/C15H17N3O2/c16-8-12-9-18(15(19)14-6-7-20-17-14)10-13(12)11-4-2-1-3-5-11/h1-7,12-13H,8-10,16H2/t12-,13+/m1/s1. The fraction of sp³-hybridized carbons (Fsp3) is 0.333. The van der Waals surface area contributed by atoms with Gasteiger partial charge in [0.1, 0.15) is 6.26 Å². The number of aromatic nitrogens is 1. The molecule has 1 aliphatic heterocycles. The topological polar surface area (TPSA) is 72.4 Å². The van der Waals surface area contributed by atoms with Gasteiger partial charge in [0.15, 0.2) is 5.69 Å². The lowest BCUT2D eigenvalue weighted by molar-refractivity contribution is 0.0776. The largest absolute Gasteiger partial charge is 0.364 e. The predicted octanol–water partition coefficient (Wildman–Crippen LogP) is 1.49. The maximum atomic E-state index is 12.3. The Balaban J connectivity index is 1.80. The van der Waals surface area contributed by atoms with Crippen LogP contribution in [0.5, 0.6) is 0 Å². The Morgan fingerprint density at radius 1 is 1.30 bits per heavy atom. The molecule has 1 fully saturated rings. The van der Waals surface area contributed by atoms with Crippen LogP contribution in [-0.2, 0) is 0 Å². The molecule has 1 amide bonds. The third-order valence-electron chi connectivity index (χ3n) is 3.92. The maximum absolute atomic E-state index is 12.3. The Kier molecular flexibility index (Phi) is 3.52. The fourth-order valence-corrected chi connectivity index (χ4v) is 2.84. The van der Waals surface area contributed by atoms with Crippen molar-refractivity contribution in [2.75, 3.05) is 19.6 Å². The highest BCUT2D eigenvalue weighted by atomic mass is 16.5. The molecule has 3 rings (SSSR count). The summed E-state index contributed by atoms with van der Waals surface area (Å²) in [6.07, 6.45) is 1.42. The predicted molar refractivity (Wildman–Crippen MR) is 74.1 cm³/mol. The van der Waals surface area contributed by atoms with E-state index in [1.807, 2.05) is 23.1 Å². The van der Waals surface area contributed by atoms with Crippen LogP contribution in [0.15, 0.2) is 47.2 Å². The van der Waals surface area contributed by atoms with Crippen LogP contribution < -0.4 is 5.73 Å². The highest BCUT2D eigenvalue weighted by Gasteiger charge is 2.36. The Hall–Kier alpha value is -2.14. The summed E-state index contributed by atoms with van der Waals surface area (Å²) in [5, 5.41) is 3.71. The third kappa shape index (κ3) is 2.32. The number of hydrogen-bond acceptors (Lipinski definition) is 4. The molecular formula is C15H17N3O2. The summed E-state index contributed by atoms with van der Waals surface area (Å²) in [5.41, 5.74) is 7.46. The van der Waals surface area contributed by atoms with E-state index in [1.54, 1.807) is 6.07 Å². The van der Waals surface area contributed by atoms with Crippen molar-refractivity contribution in [3.8, 4) is 0 Å². The van der Waals surface area contributed by atoms with Crippen LogP contribution in [0.4, 0.5) is 0 Å². The van der Waals surface area contributed by atoms with Gasteiger partial charge in [0.05, 0.1) is 0 Å². The summed E-state index contributed by atoms with van der Waals surface area (Å²) in [4.78, 5) is 14.1. The first-order valence-electron chi connectivity index (χ1n) is 6.74. The summed E-state index contributed by atoms with van der Waals surface area (Å²) < 4.78 is 4.74. The minimum Gasteiger partial charge on any atom is -0.364 e. The van der Waals surface area contributed by atoms with E-state index < -0.39 is 0 Å². The van der Waals surface area contributed by atoms with E-state index >= 15 is 0 Å². The number of amides is 1. The average molecular weight is 271 g/mol. The highest BCUT2D eigenvalue weighted by Crippen LogP contribution is 2.32. The van der Waals surface area contributed by atoms with E-state index in [0.29, 0.717) is 25.3 Å². The number of rotatable bonds is 3. The lowest BCUT2D eigenvalue weighted by Crippen LogP contribution is -2.30. The van der Waals surface area contributed by atoms with E-state index in [9.17, 15) is 4.79 Å². The molecule has 1 aromatic heterocycles. The lowest BCUT2D eigenvalue weighted by atomic mass is 9.89. The van der Waals surface area contributed by atoms with Gasteiger partial charge in [-0.25, -0.2) is 0 Å². The molecule has 2 aromatic rings. The quantitative estimate of drug-likeness (QED) is 0.918. The summed E-state index contributed by atoms with van der Waals surface area (Å²) in [6, 6.07) is 11.8. The van der Waals surface area contributed by atoms with Gasteiger partial charge in [-0.05, 0) is 18.0 Å². The van der Waals surface area contributed by atoms with Crippen LogP contribution in [0, 0.1) is 5.92 Å². The van der Waals surface area contributed by atoms with Crippen molar-refractivity contribution >= 4 is 5.91 Å². The van der Waals surface area contributed by atoms with Gasteiger partial charge in [-0.1, -0.05) is 35.5 Å². The SMILES string of the molecule is NC[C@@H]1CN(C(=O)c2ccon2)C[C@H]1c1ccccc1. The van der Waals surface area contributed by atoms with Gasteiger partial charge in [-0.15, -0.1) is 0 Å². The molecule has 0 radical (unpaired) electrons. The van der Waals surface area contributed by atoms with Crippen molar-refractivity contribution < 1.29 is 9.32 Å². The van der Waals surface area contributed by atoms with E-state index in [-0.39, 0.29) is 17.7 Å². The smallest absolute Gasteiger partial charge is 0.276 e. The lowest BCUT2D eigenvalue weighted by Gasteiger charge is -2.16. The maximum Gasteiger partial charge on any atom is 0.276 e. The number of benzene rings is 1. The fourth-order valence-electron chi connectivity index (χ4n) is 2.84. The number of likely N-dealkylation sites (tertiary alicyclic amines) is 1. The Morgan fingerprint density at radius 2 is 2.10 bits per heavy atom. The molecule has 5 nitrogen and oxygen atoms in total.